The molecular formula is C13H18N2O4. The van der Waals surface area contributed by atoms with E-state index < -0.39 is 18.8 Å². The second kappa shape index (κ2) is 6.10. The van der Waals surface area contributed by atoms with Gasteiger partial charge in [-0.1, -0.05) is 6.08 Å². The number of aromatic amines is 1. The molecule has 0 bridgehead atoms. The van der Waals surface area contributed by atoms with Gasteiger partial charge in [0.15, 0.2) is 0 Å². The molecule has 104 valence electrons. The Balaban J connectivity index is 1.90. The SMILES string of the molecule is O=c1[nH]cnc2c1CC=C2CCCC(O)C(O)CO. The lowest BCUT2D eigenvalue weighted by molar-refractivity contribution is -0.0181. The third-order valence-corrected chi connectivity index (χ3v) is 3.38. The van der Waals surface area contributed by atoms with Crippen molar-refractivity contribution in [2.24, 2.45) is 0 Å². The van der Waals surface area contributed by atoms with Crippen LogP contribution in [0.5, 0.6) is 0 Å². The predicted octanol–water partition coefficient (Wildman–Crippen LogP) is -0.406. The van der Waals surface area contributed by atoms with Gasteiger partial charge in [-0.15, -0.1) is 0 Å². The largest absolute Gasteiger partial charge is 0.394 e. The number of H-pyrrole nitrogens is 1. The molecule has 1 aromatic heterocycles. The molecule has 0 saturated carbocycles. The number of nitrogens with zero attached hydrogens (tertiary/aromatic N) is 1. The Hall–Kier alpha value is -1.50. The smallest absolute Gasteiger partial charge is 0.254 e. The summed E-state index contributed by atoms with van der Waals surface area (Å²) in [5.41, 5.74) is 2.33. The molecule has 6 nitrogen and oxygen atoms in total. The fraction of sp³-hybridized carbons (Fsp3) is 0.538. The van der Waals surface area contributed by atoms with Crippen molar-refractivity contribution < 1.29 is 15.3 Å². The number of allylic oxidation sites excluding steroid dienone is 2. The van der Waals surface area contributed by atoms with Crippen LogP contribution in [0.4, 0.5) is 0 Å². The number of aliphatic hydroxyl groups is 3. The van der Waals surface area contributed by atoms with Gasteiger partial charge in [-0.05, 0) is 31.3 Å². The maximum atomic E-state index is 11.5. The van der Waals surface area contributed by atoms with Gasteiger partial charge in [0.05, 0.1) is 24.7 Å². The Labute approximate surface area is 110 Å². The first-order valence-electron chi connectivity index (χ1n) is 6.36. The first-order chi connectivity index (χ1) is 9.13. The normalized spacial score (nSPS) is 16.9. The van der Waals surface area contributed by atoms with Crippen molar-refractivity contribution in [3.8, 4) is 0 Å². The van der Waals surface area contributed by atoms with Gasteiger partial charge in [0.1, 0.15) is 6.10 Å². The van der Waals surface area contributed by atoms with Gasteiger partial charge in [-0.3, -0.25) is 4.79 Å². The number of hydrogen-bond donors (Lipinski definition) is 4. The summed E-state index contributed by atoms with van der Waals surface area (Å²) >= 11 is 0. The van der Waals surface area contributed by atoms with Crippen LogP contribution in [0.3, 0.4) is 0 Å². The highest BCUT2D eigenvalue weighted by atomic mass is 16.4. The zero-order chi connectivity index (χ0) is 13.8. The van der Waals surface area contributed by atoms with Crippen molar-refractivity contribution >= 4 is 5.57 Å². The van der Waals surface area contributed by atoms with Crippen LogP contribution >= 0.6 is 0 Å². The standard InChI is InChI=1S/C13H18N2O4/c16-6-11(18)10(17)3-1-2-8-4-5-9-12(8)14-7-15-13(9)19/h4,7,10-11,16-18H,1-3,5-6H2,(H,14,15,19). The van der Waals surface area contributed by atoms with E-state index in [1.165, 1.54) is 6.33 Å². The monoisotopic (exact) mass is 266 g/mol. The zero-order valence-electron chi connectivity index (χ0n) is 10.5. The van der Waals surface area contributed by atoms with Gasteiger partial charge in [-0.25, -0.2) is 4.98 Å². The van der Waals surface area contributed by atoms with Crippen molar-refractivity contribution in [1.29, 1.82) is 0 Å². The topological polar surface area (TPSA) is 106 Å². The van der Waals surface area contributed by atoms with E-state index in [4.69, 9.17) is 5.11 Å². The third-order valence-electron chi connectivity index (χ3n) is 3.38. The summed E-state index contributed by atoms with van der Waals surface area (Å²) in [4.78, 5) is 18.3. The number of fused-ring (bicyclic) bond motifs is 1. The van der Waals surface area contributed by atoms with E-state index in [-0.39, 0.29) is 5.56 Å². The van der Waals surface area contributed by atoms with Gasteiger partial charge in [0.25, 0.3) is 5.56 Å². The number of rotatable bonds is 6. The summed E-state index contributed by atoms with van der Waals surface area (Å²) in [6, 6.07) is 0. The van der Waals surface area contributed by atoms with Crippen LogP contribution in [0.25, 0.3) is 5.57 Å². The van der Waals surface area contributed by atoms with Gasteiger partial charge >= 0.3 is 0 Å². The summed E-state index contributed by atoms with van der Waals surface area (Å²) in [6.45, 7) is -0.441. The van der Waals surface area contributed by atoms with E-state index in [9.17, 15) is 15.0 Å². The maximum Gasteiger partial charge on any atom is 0.254 e. The van der Waals surface area contributed by atoms with Crippen molar-refractivity contribution in [2.75, 3.05) is 6.61 Å². The van der Waals surface area contributed by atoms with Crippen LogP contribution in [-0.2, 0) is 6.42 Å². The van der Waals surface area contributed by atoms with E-state index in [2.05, 4.69) is 9.97 Å². The molecule has 0 aromatic carbocycles. The van der Waals surface area contributed by atoms with Crippen molar-refractivity contribution in [2.45, 2.75) is 37.9 Å². The average molecular weight is 266 g/mol. The van der Waals surface area contributed by atoms with E-state index in [0.717, 1.165) is 11.3 Å². The summed E-state index contributed by atoms with van der Waals surface area (Å²) in [5, 5.41) is 27.5. The highest BCUT2D eigenvalue weighted by molar-refractivity contribution is 5.69. The molecule has 1 aliphatic carbocycles. The molecule has 2 atom stereocenters. The van der Waals surface area contributed by atoms with Crippen molar-refractivity contribution in [1.82, 2.24) is 9.97 Å². The third kappa shape index (κ3) is 3.09. The number of aliphatic hydroxyl groups excluding tert-OH is 3. The lowest BCUT2D eigenvalue weighted by Crippen LogP contribution is -2.29. The first-order valence-corrected chi connectivity index (χ1v) is 6.36. The maximum absolute atomic E-state index is 11.5. The van der Waals surface area contributed by atoms with Crippen LogP contribution in [0, 0.1) is 0 Å². The lowest BCUT2D eigenvalue weighted by Gasteiger charge is -2.15. The van der Waals surface area contributed by atoms with Gasteiger partial charge in [-0.2, -0.15) is 0 Å². The van der Waals surface area contributed by atoms with Gasteiger partial charge in [0, 0.05) is 5.56 Å². The Morgan fingerprint density at radius 1 is 1.37 bits per heavy atom. The van der Waals surface area contributed by atoms with Gasteiger partial charge < -0.3 is 20.3 Å². The fourth-order valence-corrected chi connectivity index (χ4v) is 2.25. The molecule has 2 unspecified atom stereocenters. The lowest BCUT2D eigenvalue weighted by atomic mass is 10.0. The molecule has 0 fully saturated rings. The number of nitrogens with one attached hydrogen (secondary N) is 1. The molecule has 2 rings (SSSR count). The summed E-state index contributed by atoms with van der Waals surface area (Å²) in [6.07, 6.45) is 3.71. The predicted molar refractivity (Wildman–Crippen MR) is 69.5 cm³/mol. The summed E-state index contributed by atoms with van der Waals surface area (Å²) in [7, 11) is 0. The quantitative estimate of drug-likeness (QED) is 0.560. The van der Waals surface area contributed by atoms with E-state index in [0.29, 0.717) is 31.2 Å². The average Bonchev–Trinajstić information content (AvgIpc) is 2.82. The first kappa shape index (κ1) is 13.9. The summed E-state index contributed by atoms with van der Waals surface area (Å²) < 4.78 is 0. The molecule has 6 heteroatoms. The molecule has 19 heavy (non-hydrogen) atoms. The Kier molecular flexibility index (Phi) is 4.47. The van der Waals surface area contributed by atoms with E-state index in [1.54, 1.807) is 0 Å². The molecule has 4 N–H and O–H groups in total. The zero-order valence-corrected chi connectivity index (χ0v) is 10.5. The Morgan fingerprint density at radius 2 is 2.16 bits per heavy atom. The fourth-order valence-electron chi connectivity index (χ4n) is 2.25. The van der Waals surface area contributed by atoms with E-state index >= 15 is 0 Å². The summed E-state index contributed by atoms with van der Waals surface area (Å²) in [5.74, 6) is 0. The van der Waals surface area contributed by atoms with Crippen LogP contribution in [0.1, 0.15) is 30.5 Å². The van der Waals surface area contributed by atoms with Crippen LogP contribution in [0.2, 0.25) is 0 Å². The van der Waals surface area contributed by atoms with E-state index in [1.807, 2.05) is 6.08 Å². The molecule has 1 heterocycles. The Bertz CT molecular complexity index is 524. The minimum atomic E-state index is -1.09. The molecule has 1 aliphatic rings. The molecule has 0 spiro atoms. The van der Waals surface area contributed by atoms with Crippen LogP contribution in [-0.4, -0.2) is 44.1 Å². The van der Waals surface area contributed by atoms with Crippen molar-refractivity contribution in [3.05, 3.63) is 34.0 Å². The molecule has 0 saturated heterocycles. The van der Waals surface area contributed by atoms with Gasteiger partial charge in [0.2, 0.25) is 0 Å². The minimum Gasteiger partial charge on any atom is -0.394 e. The highest BCUT2D eigenvalue weighted by Crippen LogP contribution is 2.27. The molecular weight excluding hydrogens is 248 g/mol. The van der Waals surface area contributed by atoms with Crippen LogP contribution in [0.15, 0.2) is 17.2 Å². The Morgan fingerprint density at radius 3 is 2.89 bits per heavy atom. The molecule has 0 aliphatic heterocycles. The highest BCUT2D eigenvalue weighted by Gasteiger charge is 2.19. The second-order valence-corrected chi connectivity index (χ2v) is 4.70. The minimum absolute atomic E-state index is 0.105. The number of hydrogen-bond acceptors (Lipinski definition) is 5. The molecule has 0 radical (unpaired) electrons. The molecule has 1 aromatic rings. The van der Waals surface area contributed by atoms with Crippen LogP contribution < -0.4 is 5.56 Å². The molecule has 0 amide bonds. The van der Waals surface area contributed by atoms with Crippen molar-refractivity contribution in [3.63, 3.8) is 0 Å². The second-order valence-electron chi connectivity index (χ2n) is 4.70. The number of aromatic nitrogens is 2.